The number of aliphatic imine (C=N–C) groups is 1. The number of hydrogen-bond donors (Lipinski definition) is 0. The first-order valence-electron chi connectivity index (χ1n) is 12.6. The molecule has 0 bridgehead atoms. The van der Waals surface area contributed by atoms with Gasteiger partial charge in [-0.1, -0.05) is 33.6 Å². The molecule has 0 N–H and O–H groups in total. The molecule has 0 amide bonds. The van der Waals surface area contributed by atoms with Crippen molar-refractivity contribution < 1.29 is 4.39 Å². The van der Waals surface area contributed by atoms with Crippen LogP contribution >= 0.6 is 0 Å². The van der Waals surface area contributed by atoms with Crippen LogP contribution in [0.15, 0.2) is 76.3 Å². The van der Waals surface area contributed by atoms with Crippen LogP contribution in [0.3, 0.4) is 0 Å². The fourth-order valence-corrected chi connectivity index (χ4v) is 4.58. The third kappa shape index (κ3) is 7.01. The monoisotopic (exact) mass is 490 g/mol. The van der Waals surface area contributed by atoms with E-state index in [0.717, 1.165) is 66.1 Å². The Bertz CT molecular complexity index is 1090. The number of likely N-dealkylation sites (tertiary alicyclic amines) is 1. The van der Waals surface area contributed by atoms with Crippen molar-refractivity contribution in [2.24, 2.45) is 16.0 Å². The predicted octanol–water partition coefficient (Wildman–Crippen LogP) is 7.89. The molecular weight excluding hydrogens is 447 g/mol. The normalized spacial score (nSPS) is 18.3. The standard InChI is InChI=1S/C30H39FN4.CH4/c1-8-13-34-14-11-25(12-15-34)29(32-10-3)19-27-23(6)16-26(18-28(27)31)30-17-22(5)24(7)35(33-30)20-21(4)9-2;/h9-10,16-20,25H,2,7-8,11-15H2,1,3-6H3;1H4/b21-20-,29-19-,32-10?;. The second-order valence-electron chi connectivity index (χ2n) is 9.44. The Hall–Kier alpha value is -3.05. The summed E-state index contributed by atoms with van der Waals surface area (Å²) in [4.78, 5) is 7.17. The first-order valence-corrected chi connectivity index (χ1v) is 12.6. The molecule has 2 heterocycles. The van der Waals surface area contributed by atoms with Crippen molar-refractivity contribution in [2.45, 2.75) is 61.3 Å². The summed E-state index contributed by atoms with van der Waals surface area (Å²) in [5.41, 5.74) is 6.63. The summed E-state index contributed by atoms with van der Waals surface area (Å²) in [6, 6.07) is 3.58. The molecule has 194 valence electrons. The molecule has 3 rings (SSSR count). The van der Waals surface area contributed by atoms with Crippen molar-refractivity contribution in [1.82, 2.24) is 9.91 Å². The number of allylic oxidation sites excluding steroid dienone is 5. The van der Waals surface area contributed by atoms with Crippen LogP contribution in [0.2, 0.25) is 0 Å². The Morgan fingerprint density at radius 1 is 1.25 bits per heavy atom. The van der Waals surface area contributed by atoms with E-state index in [1.165, 1.54) is 6.42 Å². The quantitative estimate of drug-likeness (QED) is 0.274. The van der Waals surface area contributed by atoms with Crippen LogP contribution in [0.5, 0.6) is 0 Å². The van der Waals surface area contributed by atoms with Gasteiger partial charge in [0.25, 0.3) is 0 Å². The molecule has 4 nitrogen and oxygen atoms in total. The Kier molecular flexibility index (Phi) is 10.8. The number of benzene rings is 1. The van der Waals surface area contributed by atoms with Crippen molar-refractivity contribution in [3.05, 3.63) is 88.7 Å². The molecule has 36 heavy (non-hydrogen) atoms. The number of nitrogens with zero attached hydrogens (tertiary/aromatic N) is 4. The van der Waals surface area contributed by atoms with Gasteiger partial charge in [-0.2, -0.15) is 5.10 Å². The Morgan fingerprint density at radius 3 is 2.53 bits per heavy atom. The highest BCUT2D eigenvalue weighted by Crippen LogP contribution is 2.30. The second-order valence-corrected chi connectivity index (χ2v) is 9.44. The Morgan fingerprint density at radius 2 is 1.94 bits per heavy atom. The van der Waals surface area contributed by atoms with E-state index in [1.807, 2.05) is 58.3 Å². The van der Waals surface area contributed by atoms with Gasteiger partial charge in [0.05, 0.1) is 11.4 Å². The molecule has 1 aromatic rings. The number of piperidine rings is 1. The van der Waals surface area contributed by atoms with Crippen LogP contribution < -0.4 is 0 Å². The van der Waals surface area contributed by atoms with Crippen molar-refractivity contribution in [3.63, 3.8) is 0 Å². The van der Waals surface area contributed by atoms with Crippen LogP contribution in [0.25, 0.3) is 6.08 Å². The average Bonchev–Trinajstić information content (AvgIpc) is 2.84. The highest BCUT2D eigenvalue weighted by Gasteiger charge is 2.23. The SMILES string of the molecule is C.C=C/C(C)=C\N1N=C(c2cc(C)c(/C=C(\N=CC)C3CCN(CCC)CC3)c(F)c2)C=C(C)C1=C. The predicted molar refractivity (Wildman–Crippen MR) is 155 cm³/mol. The van der Waals surface area contributed by atoms with Gasteiger partial charge in [-0.15, -0.1) is 0 Å². The highest BCUT2D eigenvalue weighted by atomic mass is 19.1. The summed E-state index contributed by atoms with van der Waals surface area (Å²) in [6.45, 7) is 21.3. The summed E-state index contributed by atoms with van der Waals surface area (Å²) >= 11 is 0. The molecular formula is C31H43FN4. The minimum absolute atomic E-state index is 0. The molecule has 0 aliphatic carbocycles. The summed E-state index contributed by atoms with van der Waals surface area (Å²) in [5.74, 6) is 0.0975. The van der Waals surface area contributed by atoms with Gasteiger partial charge in [-0.3, -0.25) is 4.99 Å². The third-order valence-corrected chi connectivity index (χ3v) is 6.70. The summed E-state index contributed by atoms with van der Waals surface area (Å²) in [5, 5.41) is 6.45. The fraction of sp³-hybridized carbons (Fsp3) is 0.419. The fourth-order valence-electron chi connectivity index (χ4n) is 4.58. The van der Waals surface area contributed by atoms with E-state index in [0.29, 0.717) is 17.2 Å². The zero-order valence-electron chi connectivity index (χ0n) is 21.9. The minimum Gasteiger partial charge on any atom is -0.303 e. The van der Waals surface area contributed by atoms with E-state index in [9.17, 15) is 0 Å². The summed E-state index contributed by atoms with van der Waals surface area (Å²) in [7, 11) is 0. The second kappa shape index (κ2) is 13.3. The van der Waals surface area contributed by atoms with E-state index in [1.54, 1.807) is 17.2 Å². The number of halogens is 1. The number of aryl methyl sites for hydroxylation is 1. The van der Waals surface area contributed by atoms with Crippen LogP contribution in [0, 0.1) is 18.7 Å². The molecule has 2 aliphatic rings. The average molecular weight is 491 g/mol. The van der Waals surface area contributed by atoms with Crippen LogP contribution in [-0.4, -0.2) is 41.5 Å². The zero-order chi connectivity index (χ0) is 25.5. The molecule has 0 spiro atoms. The number of hydrogen-bond acceptors (Lipinski definition) is 4. The van der Waals surface area contributed by atoms with Gasteiger partial charge in [-0.05, 0) is 108 Å². The minimum atomic E-state index is -0.255. The lowest BCUT2D eigenvalue weighted by atomic mass is 9.91. The van der Waals surface area contributed by atoms with Gasteiger partial charge in [0.2, 0.25) is 0 Å². The van der Waals surface area contributed by atoms with Crippen LogP contribution in [0.1, 0.15) is 71.1 Å². The smallest absolute Gasteiger partial charge is 0.131 e. The summed E-state index contributed by atoms with van der Waals surface area (Å²) in [6.07, 6.45) is 12.7. The molecule has 0 aromatic heterocycles. The lowest BCUT2D eigenvalue weighted by Crippen LogP contribution is -2.34. The van der Waals surface area contributed by atoms with Gasteiger partial charge in [0.1, 0.15) is 5.82 Å². The van der Waals surface area contributed by atoms with E-state index in [-0.39, 0.29) is 13.2 Å². The third-order valence-electron chi connectivity index (χ3n) is 6.70. The van der Waals surface area contributed by atoms with Crippen molar-refractivity contribution >= 4 is 18.0 Å². The van der Waals surface area contributed by atoms with Crippen LogP contribution in [0.4, 0.5) is 4.39 Å². The van der Waals surface area contributed by atoms with Crippen molar-refractivity contribution in [1.29, 1.82) is 0 Å². The maximum atomic E-state index is 15.5. The molecule has 0 unspecified atom stereocenters. The van der Waals surface area contributed by atoms with E-state index in [2.05, 4.69) is 30.0 Å². The van der Waals surface area contributed by atoms with Gasteiger partial charge in [0.15, 0.2) is 0 Å². The molecule has 0 radical (unpaired) electrons. The zero-order valence-corrected chi connectivity index (χ0v) is 21.9. The maximum absolute atomic E-state index is 15.5. The molecule has 0 atom stereocenters. The maximum Gasteiger partial charge on any atom is 0.131 e. The van der Waals surface area contributed by atoms with E-state index < -0.39 is 0 Å². The van der Waals surface area contributed by atoms with Gasteiger partial charge < -0.3 is 4.90 Å². The van der Waals surface area contributed by atoms with Crippen LogP contribution in [-0.2, 0) is 0 Å². The molecule has 0 saturated carbocycles. The largest absolute Gasteiger partial charge is 0.303 e. The summed E-state index contributed by atoms with van der Waals surface area (Å²) < 4.78 is 15.5. The molecule has 1 aromatic carbocycles. The van der Waals surface area contributed by atoms with E-state index in [4.69, 9.17) is 5.10 Å². The number of rotatable bonds is 8. The van der Waals surface area contributed by atoms with Gasteiger partial charge >= 0.3 is 0 Å². The first kappa shape index (κ1) is 29.2. The van der Waals surface area contributed by atoms with Crippen molar-refractivity contribution in [2.75, 3.05) is 19.6 Å². The lowest BCUT2D eigenvalue weighted by molar-refractivity contribution is 0.199. The molecule has 1 fully saturated rings. The molecule has 1 saturated heterocycles. The highest BCUT2D eigenvalue weighted by molar-refractivity contribution is 6.10. The molecule has 2 aliphatic heterocycles. The van der Waals surface area contributed by atoms with Crippen molar-refractivity contribution in [3.8, 4) is 0 Å². The Labute approximate surface area is 218 Å². The van der Waals surface area contributed by atoms with Gasteiger partial charge in [0, 0.05) is 35.2 Å². The topological polar surface area (TPSA) is 31.2 Å². The molecule has 5 heteroatoms. The lowest BCUT2D eigenvalue weighted by Gasteiger charge is -2.32. The number of hydrazone groups is 1. The first-order chi connectivity index (χ1) is 16.8. The Balaban J connectivity index is 0.00000456. The van der Waals surface area contributed by atoms with Gasteiger partial charge in [-0.25, -0.2) is 9.40 Å². The van der Waals surface area contributed by atoms with E-state index >= 15 is 4.39 Å².